The number of rotatable bonds is 3. The number of nitrogens with zero attached hydrogens (tertiary/aromatic N) is 2. The molecule has 2 aromatic carbocycles. The number of hydrogen-bond acceptors (Lipinski definition) is 6. The van der Waals surface area contributed by atoms with Crippen LogP contribution in [0.5, 0.6) is 5.75 Å². The zero-order valence-corrected chi connectivity index (χ0v) is 16.8. The van der Waals surface area contributed by atoms with Crippen molar-refractivity contribution < 1.29 is 24.3 Å². The second-order valence-electron chi connectivity index (χ2n) is 6.56. The number of aliphatic hydroxyl groups is 1. The fourth-order valence-electron chi connectivity index (χ4n) is 3.27. The molecule has 0 spiro atoms. The zero-order valence-electron chi connectivity index (χ0n) is 15.2. The van der Waals surface area contributed by atoms with Gasteiger partial charge in [0.05, 0.1) is 11.6 Å². The second kappa shape index (κ2) is 7.21. The third kappa shape index (κ3) is 3.31. The Balaban J connectivity index is 1.93. The minimum atomic E-state index is -0.927. The van der Waals surface area contributed by atoms with E-state index in [1.54, 1.807) is 43.3 Å². The molecule has 4 rings (SSSR count). The minimum Gasteiger partial charge on any atom is -0.508 e. The molecule has 1 saturated heterocycles. The first-order chi connectivity index (χ1) is 13.9. The van der Waals surface area contributed by atoms with Crippen molar-refractivity contribution in [2.45, 2.75) is 13.0 Å². The highest BCUT2D eigenvalue weighted by atomic mass is 79.9. The van der Waals surface area contributed by atoms with Crippen LogP contribution in [0.1, 0.15) is 22.9 Å². The van der Waals surface area contributed by atoms with Crippen LogP contribution in [0.2, 0.25) is 0 Å². The molecule has 1 atom stereocenters. The average Bonchev–Trinajstić information content (AvgIpc) is 3.24. The van der Waals surface area contributed by atoms with Gasteiger partial charge in [-0.1, -0.05) is 45.4 Å². The molecule has 0 radical (unpaired) electrons. The molecule has 146 valence electrons. The molecule has 7 nitrogen and oxygen atoms in total. The van der Waals surface area contributed by atoms with Gasteiger partial charge < -0.3 is 14.7 Å². The number of aromatic hydroxyl groups is 1. The van der Waals surface area contributed by atoms with Gasteiger partial charge in [0.2, 0.25) is 0 Å². The van der Waals surface area contributed by atoms with Gasteiger partial charge >= 0.3 is 5.91 Å². The highest BCUT2D eigenvalue weighted by molar-refractivity contribution is 9.10. The number of Topliss-reactive ketones (excluding diaryl/α,β-unsaturated/α-hetero) is 1. The summed E-state index contributed by atoms with van der Waals surface area (Å²) in [6, 6.07) is 13.4. The molecule has 0 aliphatic carbocycles. The number of ketones is 1. The van der Waals surface area contributed by atoms with Gasteiger partial charge in [0, 0.05) is 16.1 Å². The fourth-order valence-corrected chi connectivity index (χ4v) is 3.54. The van der Waals surface area contributed by atoms with Gasteiger partial charge in [-0.3, -0.25) is 14.5 Å². The summed E-state index contributed by atoms with van der Waals surface area (Å²) in [5.74, 6) is -1.27. The van der Waals surface area contributed by atoms with Gasteiger partial charge in [-0.2, -0.15) is 0 Å². The molecule has 0 saturated carbocycles. The third-order valence-electron chi connectivity index (χ3n) is 4.63. The smallest absolute Gasteiger partial charge is 0.301 e. The van der Waals surface area contributed by atoms with Gasteiger partial charge in [0.25, 0.3) is 5.78 Å². The maximum Gasteiger partial charge on any atom is 0.301 e. The number of carbonyl (C=O) groups excluding carboxylic acids is 2. The van der Waals surface area contributed by atoms with E-state index in [0.29, 0.717) is 16.9 Å². The maximum atomic E-state index is 12.9. The quantitative estimate of drug-likeness (QED) is 0.351. The highest BCUT2D eigenvalue weighted by Gasteiger charge is 2.48. The van der Waals surface area contributed by atoms with Gasteiger partial charge in [-0.25, -0.2) is 0 Å². The van der Waals surface area contributed by atoms with E-state index in [9.17, 15) is 19.8 Å². The number of amides is 1. The summed E-state index contributed by atoms with van der Waals surface area (Å²) in [4.78, 5) is 27.0. The molecule has 0 bridgehead atoms. The molecule has 1 fully saturated rings. The summed E-state index contributed by atoms with van der Waals surface area (Å²) >= 11 is 3.33. The average molecular weight is 455 g/mol. The van der Waals surface area contributed by atoms with Crippen LogP contribution in [0.15, 0.2) is 69.2 Å². The molecule has 1 unspecified atom stereocenters. The topological polar surface area (TPSA) is 104 Å². The van der Waals surface area contributed by atoms with Crippen molar-refractivity contribution in [2.75, 3.05) is 4.90 Å². The molecule has 1 aliphatic rings. The van der Waals surface area contributed by atoms with E-state index in [4.69, 9.17) is 4.52 Å². The van der Waals surface area contributed by atoms with E-state index in [2.05, 4.69) is 21.1 Å². The molecule has 1 aromatic heterocycles. The number of benzene rings is 2. The number of aryl methyl sites for hydroxylation is 1. The van der Waals surface area contributed by atoms with E-state index >= 15 is 0 Å². The zero-order chi connectivity index (χ0) is 20.7. The van der Waals surface area contributed by atoms with Crippen molar-refractivity contribution in [3.63, 3.8) is 0 Å². The molecule has 2 N–H and O–H groups in total. The Kier molecular flexibility index (Phi) is 4.71. The van der Waals surface area contributed by atoms with Gasteiger partial charge in [0.1, 0.15) is 17.3 Å². The minimum absolute atomic E-state index is 0.0379. The number of hydrogen-bond donors (Lipinski definition) is 2. The largest absolute Gasteiger partial charge is 0.508 e. The predicted molar refractivity (Wildman–Crippen MR) is 108 cm³/mol. The van der Waals surface area contributed by atoms with Crippen molar-refractivity contribution in [3.8, 4) is 5.75 Å². The SMILES string of the molecule is Cc1cc(N2C(=O)C(=O)/C(=C(/O)c3ccc(Br)cc3)C2c2ccc(O)cc2)no1. The molecule has 8 heteroatoms. The number of carbonyl (C=O) groups is 2. The summed E-state index contributed by atoms with van der Waals surface area (Å²) in [6.07, 6.45) is 0. The Hall–Kier alpha value is -3.39. The lowest BCUT2D eigenvalue weighted by Gasteiger charge is -2.22. The second-order valence-corrected chi connectivity index (χ2v) is 7.48. The number of phenolic OH excluding ortho intramolecular Hbond substituents is 1. The first-order valence-corrected chi connectivity index (χ1v) is 9.45. The molecule has 3 aromatic rings. The van der Waals surface area contributed by atoms with Gasteiger partial charge in [0.15, 0.2) is 5.82 Å². The van der Waals surface area contributed by atoms with E-state index in [1.165, 1.54) is 23.1 Å². The first kappa shape index (κ1) is 18.9. The van der Waals surface area contributed by atoms with Crippen LogP contribution in [0.3, 0.4) is 0 Å². The summed E-state index contributed by atoms with van der Waals surface area (Å²) in [5.41, 5.74) is 0.858. The normalized spacial score (nSPS) is 18.4. The van der Waals surface area contributed by atoms with E-state index < -0.39 is 17.7 Å². The molecular formula is C21H15BrN2O5. The number of halogens is 1. The molecule has 1 amide bonds. The highest BCUT2D eigenvalue weighted by Crippen LogP contribution is 2.42. The maximum absolute atomic E-state index is 12.9. The standard InChI is InChI=1S/C21H15BrN2O5/c1-11-10-16(23-29-11)24-18(12-4-8-15(25)9-5-12)17(20(27)21(24)28)19(26)13-2-6-14(22)7-3-13/h2-10,18,25-26H,1H3/b19-17+. The van der Waals surface area contributed by atoms with E-state index in [-0.39, 0.29) is 22.9 Å². The first-order valence-electron chi connectivity index (χ1n) is 8.66. The van der Waals surface area contributed by atoms with E-state index in [1.807, 2.05) is 0 Å². The summed E-state index contributed by atoms with van der Waals surface area (Å²) < 4.78 is 5.89. The lowest BCUT2D eigenvalue weighted by atomic mass is 9.95. The molecular weight excluding hydrogens is 440 g/mol. The van der Waals surface area contributed by atoms with Crippen molar-refractivity contribution in [3.05, 3.63) is 81.5 Å². The summed E-state index contributed by atoms with van der Waals surface area (Å²) in [7, 11) is 0. The lowest BCUT2D eigenvalue weighted by Crippen LogP contribution is -2.29. The summed E-state index contributed by atoms with van der Waals surface area (Å²) in [6.45, 7) is 1.67. The van der Waals surface area contributed by atoms with Crippen LogP contribution >= 0.6 is 15.9 Å². The number of anilines is 1. The third-order valence-corrected chi connectivity index (χ3v) is 5.16. The van der Waals surface area contributed by atoms with Crippen molar-refractivity contribution >= 4 is 39.2 Å². The number of aromatic nitrogens is 1. The van der Waals surface area contributed by atoms with Crippen LogP contribution < -0.4 is 4.90 Å². The van der Waals surface area contributed by atoms with Gasteiger partial charge in [-0.15, -0.1) is 0 Å². The Bertz CT molecular complexity index is 1130. The monoisotopic (exact) mass is 454 g/mol. The number of phenols is 1. The molecule has 1 aliphatic heterocycles. The Morgan fingerprint density at radius 2 is 1.76 bits per heavy atom. The predicted octanol–water partition coefficient (Wildman–Crippen LogP) is 4.08. The van der Waals surface area contributed by atoms with Crippen molar-refractivity contribution in [1.29, 1.82) is 0 Å². The Morgan fingerprint density at radius 3 is 2.34 bits per heavy atom. The van der Waals surface area contributed by atoms with Crippen molar-refractivity contribution in [2.24, 2.45) is 0 Å². The number of aliphatic hydroxyl groups excluding tert-OH is 1. The van der Waals surface area contributed by atoms with Gasteiger partial charge in [-0.05, 0) is 36.8 Å². The Morgan fingerprint density at radius 1 is 1.10 bits per heavy atom. The van der Waals surface area contributed by atoms with Crippen LogP contribution in [0, 0.1) is 6.92 Å². The summed E-state index contributed by atoms with van der Waals surface area (Å²) in [5, 5.41) is 24.4. The molecule has 29 heavy (non-hydrogen) atoms. The lowest BCUT2D eigenvalue weighted by molar-refractivity contribution is -0.132. The van der Waals surface area contributed by atoms with Crippen LogP contribution in [-0.4, -0.2) is 27.1 Å². The van der Waals surface area contributed by atoms with Crippen LogP contribution in [-0.2, 0) is 9.59 Å². The van der Waals surface area contributed by atoms with Crippen molar-refractivity contribution in [1.82, 2.24) is 5.16 Å². The van der Waals surface area contributed by atoms with E-state index in [0.717, 1.165) is 4.47 Å². The van der Waals surface area contributed by atoms with Crippen LogP contribution in [0.25, 0.3) is 5.76 Å². The molecule has 2 heterocycles. The fraction of sp³-hybridized carbons (Fsp3) is 0.0952. The Labute approximate surface area is 174 Å². The van der Waals surface area contributed by atoms with Crippen LogP contribution in [0.4, 0.5) is 5.82 Å².